The summed E-state index contributed by atoms with van der Waals surface area (Å²) >= 11 is 0. The average Bonchev–Trinajstić information content (AvgIpc) is 2.75. The minimum absolute atomic E-state index is 0.323. The van der Waals surface area contributed by atoms with Crippen molar-refractivity contribution in [1.82, 2.24) is 4.90 Å². The smallest absolute Gasteiger partial charge is 0.492 e. The van der Waals surface area contributed by atoms with Crippen LogP contribution in [0.2, 0.25) is 0 Å². The van der Waals surface area contributed by atoms with Gasteiger partial charge < -0.3 is 14.0 Å². The molecule has 2 fully saturated rings. The first-order chi connectivity index (χ1) is 12.2. The van der Waals surface area contributed by atoms with E-state index < -0.39 is 0 Å². The summed E-state index contributed by atoms with van der Waals surface area (Å²) in [7, 11) is -0.340. The highest BCUT2D eigenvalue weighted by atomic mass is 16.7. The number of hydrogen-bond donors (Lipinski definition) is 0. The van der Waals surface area contributed by atoms with E-state index >= 15 is 0 Å². The molecule has 1 aromatic rings. The number of piperidine rings is 1. The molecule has 1 aromatic carbocycles. The van der Waals surface area contributed by atoms with E-state index in [-0.39, 0.29) is 18.3 Å². The molecule has 26 heavy (non-hydrogen) atoms. The first-order valence-electron chi connectivity index (χ1n) is 9.97. The van der Waals surface area contributed by atoms with Crippen LogP contribution in [0.5, 0.6) is 5.75 Å². The molecule has 0 amide bonds. The fourth-order valence-electron chi connectivity index (χ4n) is 4.00. The summed E-state index contributed by atoms with van der Waals surface area (Å²) in [5.74, 6) is 2.45. The lowest BCUT2D eigenvalue weighted by molar-refractivity contribution is 0.00578. The third kappa shape index (κ3) is 4.44. The monoisotopic (exact) mass is 359 g/mol. The zero-order valence-corrected chi connectivity index (χ0v) is 17.2. The summed E-state index contributed by atoms with van der Waals surface area (Å²) in [6.07, 6.45) is 1.34. The minimum atomic E-state index is -0.340. The lowest BCUT2D eigenvalue weighted by Gasteiger charge is -2.34. The molecule has 0 saturated carbocycles. The van der Waals surface area contributed by atoms with E-state index in [9.17, 15) is 0 Å². The molecule has 0 aliphatic carbocycles. The number of rotatable bonds is 5. The largest absolute Gasteiger partial charge is 0.494 e. The molecule has 2 unspecified atom stereocenters. The van der Waals surface area contributed by atoms with Gasteiger partial charge in [0, 0.05) is 19.6 Å². The van der Waals surface area contributed by atoms with Crippen LogP contribution in [0.3, 0.4) is 0 Å². The van der Waals surface area contributed by atoms with Crippen molar-refractivity contribution in [3.8, 4) is 5.75 Å². The highest BCUT2D eigenvalue weighted by Crippen LogP contribution is 2.36. The van der Waals surface area contributed by atoms with E-state index in [2.05, 4.69) is 46.4 Å². The summed E-state index contributed by atoms with van der Waals surface area (Å²) in [4.78, 5) is 2.52. The van der Waals surface area contributed by atoms with Crippen molar-refractivity contribution in [3.63, 3.8) is 0 Å². The van der Waals surface area contributed by atoms with E-state index in [1.807, 2.05) is 24.3 Å². The fraction of sp³-hybridized carbons (Fsp3) is 0.714. The lowest BCUT2D eigenvalue weighted by Crippen LogP contribution is -2.41. The quantitative estimate of drug-likeness (QED) is 0.755. The summed E-state index contributed by atoms with van der Waals surface area (Å²) in [6, 6.07) is 8.11. The number of likely N-dealkylation sites (tertiary alicyclic amines) is 1. The maximum atomic E-state index is 6.14. The van der Waals surface area contributed by atoms with Crippen molar-refractivity contribution in [2.24, 2.45) is 11.8 Å². The van der Waals surface area contributed by atoms with Crippen LogP contribution >= 0.6 is 0 Å². The Morgan fingerprint density at radius 3 is 2.31 bits per heavy atom. The molecule has 4 nitrogen and oxygen atoms in total. The number of ether oxygens (including phenoxy) is 1. The van der Waals surface area contributed by atoms with Crippen molar-refractivity contribution < 1.29 is 14.0 Å². The Labute approximate surface area is 159 Å². The van der Waals surface area contributed by atoms with Gasteiger partial charge in [-0.1, -0.05) is 26.0 Å². The molecular formula is C21H34BNO3. The molecule has 0 spiro atoms. The third-order valence-corrected chi connectivity index (χ3v) is 6.00. The molecule has 0 N–H and O–H groups in total. The second-order valence-electron chi connectivity index (χ2n) is 9.21. The van der Waals surface area contributed by atoms with Crippen LogP contribution in [-0.4, -0.2) is 49.5 Å². The zero-order valence-electron chi connectivity index (χ0n) is 17.2. The maximum Gasteiger partial charge on any atom is 0.494 e. The van der Waals surface area contributed by atoms with Crippen LogP contribution in [0, 0.1) is 11.8 Å². The van der Waals surface area contributed by atoms with Crippen molar-refractivity contribution >= 4 is 12.6 Å². The predicted octanol–water partition coefficient (Wildman–Crippen LogP) is 3.34. The normalized spacial score (nSPS) is 28.3. The molecule has 2 saturated heterocycles. The molecule has 2 atom stereocenters. The first-order valence-corrected chi connectivity index (χ1v) is 9.97. The Bertz CT molecular complexity index is 593. The van der Waals surface area contributed by atoms with Gasteiger partial charge in [-0.05, 0) is 63.5 Å². The molecular weight excluding hydrogens is 325 g/mol. The average molecular weight is 359 g/mol. The number of hydrogen-bond acceptors (Lipinski definition) is 4. The van der Waals surface area contributed by atoms with Gasteiger partial charge >= 0.3 is 7.12 Å². The first kappa shape index (κ1) is 19.7. The SMILES string of the molecule is CC1CC(C)CN(CCOc2cccc(B3OC(C)(C)C(C)(C)O3)c2)C1. The van der Waals surface area contributed by atoms with Gasteiger partial charge in [0.2, 0.25) is 0 Å². The maximum absolute atomic E-state index is 6.14. The van der Waals surface area contributed by atoms with Crippen LogP contribution in [0.15, 0.2) is 24.3 Å². The summed E-state index contributed by atoms with van der Waals surface area (Å²) < 4.78 is 18.3. The standard InChI is InChI=1S/C21H34BNO3/c1-16-12-17(2)15-23(14-16)10-11-24-19-9-7-8-18(13-19)22-25-20(3,4)21(5,6)26-22/h7-9,13,16-17H,10-12,14-15H2,1-6H3. The van der Waals surface area contributed by atoms with Crippen molar-refractivity contribution in [2.75, 3.05) is 26.2 Å². The molecule has 2 aliphatic rings. The molecule has 2 heterocycles. The van der Waals surface area contributed by atoms with Gasteiger partial charge in [0.1, 0.15) is 12.4 Å². The fourth-order valence-corrected chi connectivity index (χ4v) is 4.00. The van der Waals surface area contributed by atoms with Gasteiger partial charge in [0.05, 0.1) is 11.2 Å². The zero-order chi connectivity index (χ0) is 18.9. The van der Waals surface area contributed by atoms with Crippen LogP contribution in [-0.2, 0) is 9.31 Å². The van der Waals surface area contributed by atoms with E-state index in [1.54, 1.807) is 0 Å². The van der Waals surface area contributed by atoms with E-state index in [0.717, 1.165) is 29.6 Å². The van der Waals surface area contributed by atoms with Crippen molar-refractivity contribution in [3.05, 3.63) is 24.3 Å². The second-order valence-corrected chi connectivity index (χ2v) is 9.21. The topological polar surface area (TPSA) is 30.9 Å². The highest BCUT2D eigenvalue weighted by Gasteiger charge is 2.51. The number of benzene rings is 1. The Morgan fingerprint density at radius 2 is 1.69 bits per heavy atom. The summed E-state index contributed by atoms with van der Waals surface area (Å²) in [5.41, 5.74) is 0.369. The Morgan fingerprint density at radius 1 is 1.08 bits per heavy atom. The molecule has 2 aliphatic heterocycles. The van der Waals surface area contributed by atoms with E-state index in [1.165, 1.54) is 19.5 Å². The Kier molecular flexibility index (Phi) is 5.71. The van der Waals surface area contributed by atoms with Crippen LogP contribution in [0.1, 0.15) is 48.0 Å². The van der Waals surface area contributed by atoms with Crippen molar-refractivity contribution in [1.29, 1.82) is 0 Å². The molecule has 0 bridgehead atoms. The van der Waals surface area contributed by atoms with Gasteiger partial charge in [-0.3, -0.25) is 4.90 Å². The highest BCUT2D eigenvalue weighted by molar-refractivity contribution is 6.62. The third-order valence-electron chi connectivity index (χ3n) is 6.00. The van der Waals surface area contributed by atoms with Crippen LogP contribution < -0.4 is 10.2 Å². The van der Waals surface area contributed by atoms with Gasteiger partial charge in [0.15, 0.2) is 0 Å². The van der Waals surface area contributed by atoms with E-state index in [0.29, 0.717) is 6.61 Å². The van der Waals surface area contributed by atoms with Gasteiger partial charge in [-0.2, -0.15) is 0 Å². The van der Waals surface area contributed by atoms with Gasteiger partial charge in [0.25, 0.3) is 0 Å². The van der Waals surface area contributed by atoms with E-state index in [4.69, 9.17) is 14.0 Å². The second kappa shape index (κ2) is 7.53. The van der Waals surface area contributed by atoms with Gasteiger partial charge in [-0.15, -0.1) is 0 Å². The Hall–Kier alpha value is -1.04. The summed E-state index contributed by atoms with van der Waals surface area (Å²) in [6.45, 7) is 17.1. The lowest BCUT2D eigenvalue weighted by atomic mass is 9.79. The molecule has 0 aromatic heterocycles. The Balaban J connectivity index is 1.55. The molecule has 144 valence electrons. The molecule has 3 rings (SSSR count). The number of nitrogens with zero attached hydrogens (tertiary/aromatic N) is 1. The minimum Gasteiger partial charge on any atom is -0.492 e. The molecule has 5 heteroatoms. The molecule has 0 radical (unpaired) electrons. The van der Waals surface area contributed by atoms with Crippen LogP contribution in [0.25, 0.3) is 0 Å². The predicted molar refractivity (Wildman–Crippen MR) is 107 cm³/mol. The summed E-state index contributed by atoms with van der Waals surface area (Å²) in [5, 5.41) is 0. The van der Waals surface area contributed by atoms with Crippen molar-refractivity contribution in [2.45, 2.75) is 59.2 Å². The van der Waals surface area contributed by atoms with Crippen LogP contribution in [0.4, 0.5) is 0 Å². The van der Waals surface area contributed by atoms with Gasteiger partial charge in [-0.25, -0.2) is 0 Å².